The average Bonchev–Trinajstić information content (AvgIpc) is 2.06. The third kappa shape index (κ3) is 2.46. The van der Waals surface area contributed by atoms with Gasteiger partial charge in [0.1, 0.15) is 13.1 Å². The summed E-state index contributed by atoms with van der Waals surface area (Å²) in [7, 11) is 0. The third-order valence-electron chi connectivity index (χ3n) is 2.87. The predicted molar refractivity (Wildman–Crippen MR) is 46.4 cm³/mol. The van der Waals surface area contributed by atoms with Gasteiger partial charge < -0.3 is 10.6 Å². The first-order valence-corrected chi connectivity index (χ1v) is 5.02. The van der Waals surface area contributed by atoms with E-state index in [-0.39, 0.29) is 0 Å². The molecule has 1 aliphatic heterocycles. The first kappa shape index (κ1) is 9.01. The second-order valence-electron chi connectivity index (χ2n) is 3.61. The Labute approximate surface area is 69.8 Å². The Kier molecular flexibility index (Phi) is 3.87. The van der Waals surface area contributed by atoms with Gasteiger partial charge in [-0.3, -0.25) is 0 Å². The summed E-state index contributed by atoms with van der Waals surface area (Å²) in [6, 6.07) is 0.950. The fourth-order valence-electron chi connectivity index (χ4n) is 2.20. The summed E-state index contributed by atoms with van der Waals surface area (Å²) in [5, 5.41) is 0. The van der Waals surface area contributed by atoms with Crippen LogP contribution in [0.15, 0.2) is 0 Å². The van der Waals surface area contributed by atoms with Crippen molar-refractivity contribution in [2.45, 2.75) is 38.6 Å². The van der Waals surface area contributed by atoms with E-state index in [1.54, 1.807) is 0 Å². The molecule has 0 amide bonds. The van der Waals surface area contributed by atoms with Crippen molar-refractivity contribution in [2.75, 3.05) is 19.6 Å². The molecule has 0 aromatic rings. The van der Waals surface area contributed by atoms with Gasteiger partial charge in [0.15, 0.2) is 0 Å². The molecule has 0 spiro atoms. The lowest BCUT2D eigenvalue weighted by Crippen LogP contribution is -3.17. The van der Waals surface area contributed by atoms with E-state index in [0.717, 1.165) is 12.6 Å². The largest absolute Gasteiger partial charge is 0.353 e. The standard InChI is InChI=1S/C9H20N2/c1-2-9-5-3-4-7-11(9)8-6-10/h9H,2-8,10H2,1H3/p+2/t9-/m0/s1. The minimum Gasteiger partial charge on any atom is -0.353 e. The van der Waals surface area contributed by atoms with Crippen LogP contribution in [0.2, 0.25) is 0 Å². The van der Waals surface area contributed by atoms with Crippen molar-refractivity contribution in [2.24, 2.45) is 0 Å². The Hall–Kier alpha value is -0.0800. The molecule has 0 aromatic carbocycles. The van der Waals surface area contributed by atoms with E-state index in [2.05, 4.69) is 12.7 Å². The third-order valence-corrected chi connectivity index (χ3v) is 2.87. The second kappa shape index (κ2) is 4.73. The number of hydrogen-bond acceptors (Lipinski definition) is 0. The van der Waals surface area contributed by atoms with Crippen LogP contribution in [0.1, 0.15) is 32.6 Å². The molecule has 1 rings (SSSR count). The molecular weight excluding hydrogens is 136 g/mol. The topological polar surface area (TPSA) is 32.1 Å². The van der Waals surface area contributed by atoms with Crippen LogP contribution < -0.4 is 10.6 Å². The summed E-state index contributed by atoms with van der Waals surface area (Å²) in [5.41, 5.74) is 3.93. The molecule has 0 bridgehead atoms. The maximum atomic E-state index is 3.93. The van der Waals surface area contributed by atoms with Gasteiger partial charge >= 0.3 is 0 Å². The average molecular weight is 158 g/mol. The van der Waals surface area contributed by atoms with Crippen molar-refractivity contribution in [1.82, 2.24) is 0 Å². The Morgan fingerprint density at radius 2 is 2.27 bits per heavy atom. The number of likely N-dealkylation sites (tertiary alicyclic amines) is 1. The summed E-state index contributed by atoms with van der Waals surface area (Å²) in [4.78, 5) is 1.81. The van der Waals surface area contributed by atoms with Crippen LogP contribution in [0.3, 0.4) is 0 Å². The molecule has 2 heteroatoms. The zero-order chi connectivity index (χ0) is 8.10. The summed E-state index contributed by atoms with van der Waals surface area (Å²) >= 11 is 0. The molecule has 66 valence electrons. The lowest BCUT2D eigenvalue weighted by atomic mass is 10.0. The highest BCUT2D eigenvalue weighted by Crippen LogP contribution is 2.04. The summed E-state index contributed by atoms with van der Waals surface area (Å²) < 4.78 is 0. The SMILES string of the molecule is CC[C@H]1CCCC[NH+]1CC[NH3+]. The second-order valence-corrected chi connectivity index (χ2v) is 3.61. The van der Waals surface area contributed by atoms with Gasteiger partial charge in [-0.05, 0) is 25.7 Å². The molecule has 0 radical (unpaired) electrons. The van der Waals surface area contributed by atoms with Gasteiger partial charge in [0.25, 0.3) is 0 Å². The van der Waals surface area contributed by atoms with E-state index in [1.165, 1.54) is 38.8 Å². The lowest BCUT2D eigenvalue weighted by Gasteiger charge is -2.30. The number of quaternary nitrogens is 2. The molecule has 1 heterocycles. The van der Waals surface area contributed by atoms with E-state index < -0.39 is 0 Å². The lowest BCUT2D eigenvalue weighted by molar-refractivity contribution is -0.935. The van der Waals surface area contributed by atoms with Crippen molar-refractivity contribution in [3.63, 3.8) is 0 Å². The van der Waals surface area contributed by atoms with Crippen LogP contribution in [-0.2, 0) is 0 Å². The number of nitrogens with one attached hydrogen (secondary N) is 1. The monoisotopic (exact) mass is 158 g/mol. The fraction of sp³-hybridized carbons (Fsp3) is 1.00. The van der Waals surface area contributed by atoms with Crippen LogP contribution in [0.25, 0.3) is 0 Å². The molecule has 2 atom stereocenters. The smallest absolute Gasteiger partial charge is 0.127 e. The van der Waals surface area contributed by atoms with Crippen molar-refractivity contribution in [3.05, 3.63) is 0 Å². The number of rotatable bonds is 3. The maximum absolute atomic E-state index is 3.93. The Morgan fingerprint density at radius 1 is 1.45 bits per heavy atom. The Morgan fingerprint density at radius 3 is 2.91 bits per heavy atom. The highest BCUT2D eigenvalue weighted by atomic mass is 15.2. The molecule has 4 N–H and O–H groups in total. The van der Waals surface area contributed by atoms with Crippen molar-refractivity contribution in [3.8, 4) is 0 Å². The van der Waals surface area contributed by atoms with Crippen LogP contribution in [0, 0.1) is 0 Å². The molecule has 0 aromatic heterocycles. The maximum Gasteiger partial charge on any atom is 0.127 e. The fourth-order valence-corrected chi connectivity index (χ4v) is 2.20. The van der Waals surface area contributed by atoms with Crippen molar-refractivity contribution < 1.29 is 10.6 Å². The van der Waals surface area contributed by atoms with Gasteiger partial charge in [-0.2, -0.15) is 0 Å². The van der Waals surface area contributed by atoms with E-state index in [9.17, 15) is 0 Å². The van der Waals surface area contributed by atoms with Crippen molar-refractivity contribution >= 4 is 0 Å². The quantitative estimate of drug-likeness (QED) is 0.532. The van der Waals surface area contributed by atoms with Gasteiger partial charge in [0.2, 0.25) is 0 Å². The Bertz CT molecular complexity index is 102. The first-order chi connectivity index (χ1) is 5.38. The van der Waals surface area contributed by atoms with Gasteiger partial charge in [-0.1, -0.05) is 6.92 Å². The van der Waals surface area contributed by atoms with Gasteiger partial charge in [0.05, 0.1) is 12.6 Å². The van der Waals surface area contributed by atoms with Crippen LogP contribution in [-0.4, -0.2) is 25.7 Å². The van der Waals surface area contributed by atoms with E-state index in [0.29, 0.717) is 0 Å². The molecule has 2 nitrogen and oxygen atoms in total. The molecule has 1 unspecified atom stereocenters. The van der Waals surface area contributed by atoms with Crippen molar-refractivity contribution in [1.29, 1.82) is 0 Å². The minimum atomic E-state index is 0.950. The molecule has 1 saturated heterocycles. The summed E-state index contributed by atoms with van der Waals surface area (Å²) in [6.45, 7) is 6.11. The van der Waals surface area contributed by atoms with Gasteiger partial charge in [0, 0.05) is 0 Å². The van der Waals surface area contributed by atoms with Crippen LogP contribution in [0.4, 0.5) is 0 Å². The minimum absolute atomic E-state index is 0.950. The molecule has 0 saturated carbocycles. The van der Waals surface area contributed by atoms with E-state index in [1.807, 2.05) is 4.90 Å². The van der Waals surface area contributed by atoms with E-state index >= 15 is 0 Å². The molecule has 1 aliphatic rings. The zero-order valence-corrected chi connectivity index (χ0v) is 7.73. The predicted octanol–water partition coefficient (Wildman–Crippen LogP) is -0.924. The molecular formula is C9H22N2+2. The van der Waals surface area contributed by atoms with Crippen LogP contribution in [0.5, 0.6) is 0 Å². The normalized spacial score (nSPS) is 32.2. The number of hydrogen-bond donors (Lipinski definition) is 2. The molecule has 0 aliphatic carbocycles. The number of piperidine rings is 1. The molecule has 11 heavy (non-hydrogen) atoms. The van der Waals surface area contributed by atoms with Gasteiger partial charge in [-0.25, -0.2) is 0 Å². The summed E-state index contributed by atoms with van der Waals surface area (Å²) in [5.74, 6) is 0. The van der Waals surface area contributed by atoms with Gasteiger partial charge in [-0.15, -0.1) is 0 Å². The Balaban J connectivity index is 2.31. The first-order valence-electron chi connectivity index (χ1n) is 5.02. The van der Waals surface area contributed by atoms with E-state index in [4.69, 9.17) is 0 Å². The zero-order valence-electron chi connectivity index (χ0n) is 7.73. The highest BCUT2D eigenvalue weighted by molar-refractivity contribution is 4.58. The van der Waals surface area contributed by atoms with Crippen LogP contribution >= 0.6 is 0 Å². The highest BCUT2D eigenvalue weighted by Gasteiger charge is 2.23. The summed E-state index contributed by atoms with van der Waals surface area (Å²) in [6.07, 6.45) is 5.70. The molecule has 1 fully saturated rings.